The molecule has 6 heteroatoms. The fourth-order valence-electron chi connectivity index (χ4n) is 1.86. The highest BCUT2D eigenvalue weighted by Gasteiger charge is 2.15. The van der Waals surface area contributed by atoms with Crippen LogP contribution in [0, 0.1) is 5.82 Å². The normalized spacial score (nSPS) is 12.2. The zero-order valence-electron chi connectivity index (χ0n) is 11.3. The third-order valence-corrected chi connectivity index (χ3v) is 2.77. The molecule has 0 fully saturated rings. The van der Waals surface area contributed by atoms with Gasteiger partial charge in [0, 0.05) is 18.8 Å². The van der Waals surface area contributed by atoms with Crippen molar-refractivity contribution in [3.05, 3.63) is 48.3 Å². The summed E-state index contributed by atoms with van der Waals surface area (Å²) in [5.74, 6) is -0.579. The Morgan fingerprint density at radius 2 is 2.15 bits per heavy atom. The smallest absolute Gasteiger partial charge is 0.270 e. The second-order valence-corrected chi connectivity index (χ2v) is 4.46. The fraction of sp³-hybridized carbons (Fsp3) is 0.286. The van der Waals surface area contributed by atoms with Crippen LogP contribution in [0.5, 0.6) is 0 Å². The molecular weight excluding hydrogens is 261 g/mol. The number of rotatable bonds is 5. The number of nitrogens with one attached hydrogen (secondary N) is 1. The van der Waals surface area contributed by atoms with Crippen molar-refractivity contribution >= 4 is 5.91 Å². The molecule has 0 saturated heterocycles. The van der Waals surface area contributed by atoms with E-state index in [4.69, 9.17) is 4.74 Å². The maximum absolute atomic E-state index is 12.9. The lowest BCUT2D eigenvalue weighted by molar-refractivity contribution is 0.0899. The van der Waals surface area contributed by atoms with Gasteiger partial charge in [-0.15, -0.1) is 0 Å². The Morgan fingerprint density at radius 3 is 2.80 bits per heavy atom. The Labute approximate surface area is 116 Å². The number of nitrogens with zero attached hydrogens (tertiary/aromatic N) is 2. The molecule has 0 aliphatic heterocycles. The van der Waals surface area contributed by atoms with Crippen molar-refractivity contribution in [1.29, 1.82) is 0 Å². The van der Waals surface area contributed by atoms with Gasteiger partial charge in [0.05, 0.1) is 19.1 Å². The van der Waals surface area contributed by atoms with Crippen molar-refractivity contribution < 1.29 is 13.9 Å². The van der Waals surface area contributed by atoms with Crippen LogP contribution in [-0.4, -0.2) is 35.2 Å². The molecule has 1 aromatic heterocycles. The summed E-state index contributed by atoms with van der Waals surface area (Å²) >= 11 is 0. The van der Waals surface area contributed by atoms with Gasteiger partial charge in [0.25, 0.3) is 5.91 Å². The van der Waals surface area contributed by atoms with Crippen LogP contribution in [0.1, 0.15) is 17.4 Å². The highest BCUT2D eigenvalue weighted by Crippen LogP contribution is 2.12. The molecule has 1 heterocycles. The van der Waals surface area contributed by atoms with Gasteiger partial charge in [-0.05, 0) is 31.2 Å². The molecule has 1 aromatic carbocycles. The molecule has 0 aliphatic carbocycles. The van der Waals surface area contributed by atoms with Crippen molar-refractivity contribution in [2.24, 2.45) is 0 Å². The van der Waals surface area contributed by atoms with Crippen LogP contribution in [0.3, 0.4) is 0 Å². The fourth-order valence-corrected chi connectivity index (χ4v) is 1.86. The highest BCUT2D eigenvalue weighted by atomic mass is 19.1. The molecule has 2 aromatic rings. The summed E-state index contributed by atoms with van der Waals surface area (Å²) in [5, 5.41) is 2.81. The molecule has 0 spiro atoms. The van der Waals surface area contributed by atoms with E-state index in [1.807, 2.05) is 6.92 Å². The number of aromatic nitrogens is 2. The lowest BCUT2D eigenvalue weighted by Crippen LogP contribution is -2.36. The third-order valence-electron chi connectivity index (χ3n) is 2.77. The van der Waals surface area contributed by atoms with E-state index < -0.39 is 0 Å². The first-order valence-electron chi connectivity index (χ1n) is 6.20. The Morgan fingerprint density at radius 1 is 1.45 bits per heavy atom. The average Bonchev–Trinajstić information content (AvgIpc) is 2.89. The average molecular weight is 277 g/mol. The van der Waals surface area contributed by atoms with Crippen molar-refractivity contribution in [3.63, 3.8) is 0 Å². The molecule has 106 valence electrons. The summed E-state index contributed by atoms with van der Waals surface area (Å²) in [7, 11) is 1.57. The first kappa shape index (κ1) is 14.2. The second-order valence-electron chi connectivity index (χ2n) is 4.46. The van der Waals surface area contributed by atoms with Crippen molar-refractivity contribution in [2.45, 2.75) is 13.0 Å². The largest absolute Gasteiger partial charge is 0.383 e. The Balaban J connectivity index is 2.20. The minimum atomic E-state index is -0.325. The van der Waals surface area contributed by atoms with E-state index in [0.717, 1.165) is 0 Å². The molecule has 0 saturated carbocycles. The summed E-state index contributed by atoms with van der Waals surface area (Å²) in [6.45, 7) is 2.27. The number of halogens is 1. The van der Waals surface area contributed by atoms with Crippen LogP contribution in [0.2, 0.25) is 0 Å². The first-order chi connectivity index (χ1) is 9.61. The highest BCUT2D eigenvalue weighted by molar-refractivity contribution is 5.93. The van der Waals surface area contributed by atoms with Crippen LogP contribution >= 0.6 is 0 Å². The zero-order valence-corrected chi connectivity index (χ0v) is 11.3. The van der Waals surface area contributed by atoms with Crippen LogP contribution in [-0.2, 0) is 4.74 Å². The van der Waals surface area contributed by atoms with Crippen LogP contribution in [0.4, 0.5) is 4.39 Å². The van der Waals surface area contributed by atoms with Gasteiger partial charge < -0.3 is 10.1 Å². The quantitative estimate of drug-likeness (QED) is 0.906. The van der Waals surface area contributed by atoms with Gasteiger partial charge in [-0.3, -0.25) is 9.36 Å². The predicted molar refractivity (Wildman–Crippen MR) is 72.3 cm³/mol. The lowest BCUT2D eigenvalue weighted by Gasteiger charge is -2.13. The molecule has 1 N–H and O–H groups in total. The van der Waals surface area contributed by atoms with Crippen LogP contribution in [0.25, 0.3) is 5.69 Å². The summed E-state index contributed by atoms with van der Waals surface area (Å²) < 4.78 is 19.5. The topological polar surface area (TPSA) is 56.1 Å². The monoisotopic (exact) mass is 277 g/mol. The van der Waals surface area contributed by atoms with E-state index in [1.54, 1.807) is 23.8 Å². The van der Waals surface area contributed by atoms with Crippen molar-refractivity contribution in [3.8, 4) is 5.69 Å². The van der Waals surface area contributed by atoms with Crippen molar-refractivity contribution in [2.75, 3.05) is 13.7 Å². The van der Waals surface area contributed by atoms with Gasteiger partial charge in [0.1, 0.15) is 11.5 Å². The Kier molecular flexibility index (Phi) is 4.47. The molecule has 1 atom stereocenters. The molecule has 0 aliphatic rings. The van der Waals surface area contributed by atoms with E-state index in [-0.39, 0.29) is 17.8 Å². The Hall–Kier alpha value is -2.21. The van der Waals surface area contributed by atoms with E-state index >= 15 is 0 Å². The molecule has 2 rings (SSSR count). The second kappa shape index (κ2) is 6.29. The number of carbonyl (C=O) groups is 1. The van der Waals surface area contributed by atoms with Gasteiger partial charge in [-0.2, -0.15) is 0 Å². The van der Waals surface area contributed by atoms with Crippen molar-refractivity contribution in [1.82, 2.24) is 14.9 Å². The SMILES string of the molecule is COC[C@@H](C)NC(=O)c1cncn1-c1ccc(F)cc1. The number of hydrogen-bond acceptors (Lipinski definition) is 3. The van der Waals surface area contributed by atoms with Crippen LogP contribution < -0.4 is 5.32 Å². The number of ether oxygens (including phenoxy) is 1. The molecule has 20 heavy (non-hydrogen) atoms. The maximum Gasteiger partial charge on any atom is 0.270 e. The number of methoxy groups -OCH3 is 1. The van der Waals surface area contributed by atoms with Gasteiger partial charge in [-0.25, -0.2) is 9.37 Å². The minimum Gasteiger partial charge on any atom is -0.383 e. The molecule has 0 radical (unpaired) electrons. The van der Waals surface area contributed by atoms with Crippen LogP contribution in [0.15, 0.2) is 36.8 Å². The number of amides is 1. The predicted octanol–water partition coefficient (Wildman–Crippen LogP) is 1.78. The molecule has 0 unspecified atom stereocenters. The summed E-state index contributed by atoms with van der Waals surface area (Å²) in [5.41, 5.74) is 1.06. The van der Waals surface area contributed by atoms with Gasteiger partial charge in [0.2, 0.25) is 0 Å². The molecular formula is C14H16FN3O2. The first-order valence-corrected chi connectivity index (χ1v) is 6.20. The molecule has 0 bridgehead atoms. The Bertz CT molecular complexity index is 580. The maximum atomic E-state index is 12.9. The van der Waals surface area contributed by atoms with E-state index in [2.05, 4.69) is 10.3 Å². The number of hydrogen-bond donors (Lipinski definition) is 1. The van der Waals surface area contributed by atoms with E-state index in [1.165, 1.54) is 24.7 Å². The summed E-state index contributed by atoms with van der Waals surface area (Å²) in [6.07, 6.45) is 2.99. The minimum absolute atomic E-state index is 0.107. The summed E-state index contributed by atoms with van der Waals surface area (Å²) in [6, 6.07) is 5.75. The standard InChI is InChI=1S/C14H16FN3O2/c1-10(8-20-2)17-14(19)13-7-16-9-18(13)12-5-3-11(15)4-6-12/h3-7,9-10H,8H2,1-2H3,(H,17,19)/t10-/m1/s1. The molecule has 1 amide bonds. The van der Waals surface area contributed by atoms with E-state index in [9.17, 15) is 9.18 Å². The van der Waals surface area contributed by atoms with Gasteiger partial charge in [0.15, 0.2) is 0 Å². The van der Waals surface area contributed by atoms with E-state index in [0.29, 0.717) is 18.0 Å². The zero-order chi connectivity index (χ0) is 14.5. The molecule has 5 nitrogen and oxygen atoms in total. The number of imidazole rings is 1. The van der Waals surface area contributed by atoms with Gasteiger partial charge in [-0.1, -0.05) is 0 Å². The third kappa shape index (κ3) is 3.21. The van der Waals surface area contributed by atoms with Gasteiger partial charge >= 0.3 is 0 Å². The summed E-state index contributed by atoms with van der Waals surface area (Å²) in [4.78, 5) is 16.1. The number of carbonyl (C=O) groups excluding carboxylic acids is 1. The lowest BCUT2D eigenvalue weighted by atomic mass is 10.3. The number of benzene rings is 1.